The SMILES string of the molecule is CC(=O)OC1CCC(O)C23OC(C)(C)C(CC(OC(=O)c4ccccc4)C12C)C3OC(=O)c1ccccc1. The van der Waals surface area contributed by atoms with Gasteiger partial charge in [0.15, 0.2) is 0 Å². The lowest BCUT2D eigenvalue weighted by Crippen LogP contribution is -2.75. The average molecular weight is 523 g/mol. The third-order valence-corrected chi connectivity index (χ3v) is 8.77. The van der Waals surface area contributed by atoms with E-state index in [9.17, 15) is 19.5 Å². The lowest BCUT2D eigenvalue weighted by molar-refractivity contribution is -0.297. The fourth-order valence-corrected chi connectivity index (χ4v) is 6.93. The number of ether oxygens (including phenoxy) is 4. The van der Waals surface area contributed by atoms with Crippen molar-refractivity contribution in [1.29, 1.82) is 0 Å². The van der Waals surface area contributed by atoms with Crippen LogP contribution >= 0.6 is 0 Å². The minimum absolute atomic E-state index is 0.259. The molecule has 3 aliphatic rings. The molecule has 3 fully saturated rings. The molecule has 202 valence electrons. The second kappa shape index (κ2) is 9.50. The van der Waals surface area contributed by atoms with Crippen molar-refractivity contribution in [3.63, 3.8) is 0 Å². The fourth-order valence-electron chi connectivity index (χ4n) is 6.93. The van der Waals surface area contributed by atoms with Gasteiger partial charge in [-0.25, -0.2) is 9.59 Å². The summed E-state index contributed by atoms with van der Waals surface area (Å²) in [4.78, 5) is 38.8. The van der Waals surface area contributed by atoms with Crippen LogP contribution in [0.25, 0.3) is 0 Å². The van der Waals surface area contributed by atoms with E-state index in [1.165, 1.54) is 6.92 Å². The summed E-state index contributed by atoms with van der Waals surface area (Å²) in [6.07, 6.45) is -2.56. The van der Waals surface area contributed by atoms with Crippen LogP contribution in [0.4, 0.5) is 0 Å². The predicted octanol–water partition coefficient (Wildman–Crippen LogP) is 4.10. The first-order chi connectivity index (χ1) is 18.0. The highest BCUT2D eigenvalue weighted by Crippen LogP contribution is 2.66. The van der Waals surface area contributed by atoms with Gasteiger partial charge < -0.3 is 24.1 Å². The van der Waals surface area contributed by atoms with Gasteiger partial charge in [-0.2, -0.15) is 0 Å². The van der Waals surface area contributed by atoms with E-state index < -0.39 is 64.9 Å². The number of carbonyl (C=O) groups excluding carboxylic acids is 3. The van der Waals surface area contributed by atoms with Crippen LogP contribution in [0.2, 0.25) is 0 Å². The molecule has 2 aromatic rings. The summed E-state index contributed by atoms with van der Waals surface area (Å²) in [6, 6.07) is 17.3. The maximum Gasteiger partial charge on any atom is 0.338 e. The molecule has 8 heteroatoms. The van der Waals surface area contributed by atoms with E-state index in [0.717, 1.165) is 0 Å². The van der Waals surface area contributed by atoms with Crippen LogP contribution in [-0.2, 0) is 23.7 Å². The lowest BCUT2D eigenvalue weighted by Gasteiger charge is -2.60. The third-order valence-electron chi connectivity index (χ3n) is 8.77. The maximum absolute atomic E-state index is 13.3. The van der Waals surface area contributed by atoms with Gasteiger partial charge in [0.25, 0.3) is 0 Å². The average Bonchev–Trinajstić information content (AvgIpc) is 3.07. The van der Waals surface area contributed by atoms with Gasteiger partial charge in [0.05, 0.1) is 28.2 Å². The Labute approximate surface area is 222 Å². The molecule has 1 heterocycles. The largest absolute Gasteiger partial charge is 0.462 e. The molecule has 2 aliphatic carbocycles. The Balaban J connectivity index is 1.60. The van der Waals surface area contributed by atoms with Crippen LogP contribution in [-0.4, -0.2) is 58.6 Å². The summed E-state index contributed by atoms with van der Waals surface area (Å²) >= 11 is 0. The summed E-state index contributed by atoms with van der Waals surface area (Å²) in [6.45, 7) is 6.91. The van der Waals surface area contributed by atoms with Crippen LogP contribution in [0.1, 0.15) is 67.7 Å². The summed E-state index contributed by atoms with van der Waals surface area (Å²) in [7, 11) is 0. The maximum atomic E-state index is 13.3. The Hall–Kier alpha value is -3.23. The Morgan fingerprint density at radius 1 is 0.816 bits per heavy atom. The summed E-state index contributed by atoms with van der Waals surface area (Å²) in [5.41, 5.74) is -2.77. The van der Waals surface area contributed by atoms with Crippen molar-refractivity contribution >= 4 is 17.9 Å². The molecule has 2 aromatic carbocycles. The number of aliphatic hydroxyl groups excluding tert-OH is 1. The van der Waals surface area contributed by atoms with Crippen molar-refractivity contribution in [3.05, 3.63) is 71.8 Å². The van der Waals surface area contributed by atoms with Crippen LogP contribution in [0.5, 0.6) is 0 Å². The van der Waals surface area contributed by atoms with Gasteiger partial charge in [-0.15, -0.1) is 0 Å². The van der Waals surface area contributed by atoms with E-state index >= 15 is 0 Å². The molecule has 7 unspecified atom stereocenters. The van der Waals surface area contributed by atoms with Gasteiger partial charge in [0.2, 0.25) is 0 Å². The number of fused-ring (bicyclic) bond motifs is 1. The van der Waals surface area contributed by atoms with Crippen LogP contribution in [0, 0.1) is 11.3 Å². The van der Waals surface area contributed by atoms with Gasteiger partial charge in [-0.3, -0.25) is 4.79 Å². The van der Waals surface area contributed by atoms with Gasteiger partial charge >= 0.3 is 17.9 Å². The van der Waals surface area contributed by atoms with Gasteiger partial charge in [-0.05, 0) is 64.3 Å². The summed E-state index contributed by atoms with van der Waals surface area (Å²) in [5.74, 6) is -1.95. The quantitative estimate of drug-likeness (QED) is 0.462. The normalized spacial score (nSPS) is 35.0. The molecule has 7 atom stereocenters. The van der Waals surface area contributed by atoms with E-state index in [0.29, 0.717) is 24.0 Å². The van der Waals surface area contributed by atoms with Gasteiger partial charge in [-0.1, -0.05) is 36.4 Å². The monoisotopic (exact) mass is 522 g/mol. The molecule has 8 nitrogen and oxygen atoms in total. The van der Waals surface area contributed by atoms with E-state index in [4.69, 9.17) is 18.9 Å². The highest BCUT2D eigenvalue weighted by atomic mass is 16.6. The first kappa shape index (κ1) is 26.4. The Morgan fingerprint density at radius 2 is 1.37 bits per heavy atom. The summed E-state index contributed by atoms with van der Waals surface area (Å²) < 4.78 is 24.9. The Bertz CT molecular complexity index is 1210. The number of carbonyl (C=O) groups is 3. The Kier molecular flexibility index (Phi) is 6.60. The molecule has 1 saturated heterocycles. The predicted molar refractivity (Wildman–Crippen MR) is 136 cm³/mol. The molecule has 5 rings (SSSR count). The number of benzene rings is 2. The zero-order valence-corrected chi connectivity index (χ0v) is 22.1. The molecule has 2 bridgehead atoms. The number of hydrogen-bond acceptors (Lipinski definition) is 8. The molecule has 1 aliphatic heterocycles. The van der Waals surface area contributed by atoms with Crippen LogP contribution in [0.15, 0.2) is 60.7 Å². The fraction of sp³-hybridized carbons (Fsp3) is 0.500. The van der Waals surface area contributed by atoms with Crippen molar-refractivity contribution in [3.8, 4) is 0 Å². The zero-order valence-electron chi connectivity index (χ0n) is 22.1. The molecule has 0 aromatic heterocycles. The molecule has 0 amide bonds. The molecule has 0 radical (unpaired) electrons. The Morgan fingerprint density at radius 3 is 1.92 bits per heavy atom. The van der Waals surface area contributed by atoms with E-state index in [1.54, 1.807) is 48.5 Å². The van der Waals surface area contributed by atoms with E-state index in [2.05, 4.69) is 0 Å². The second-order valence-corrected chi connectivity index (χ2v) is 11.3. The third kappa shape index (κ3) is 4.01. The molecule has 38 heavy (non-hydrogen) atoms. The lowest BCUT2D eigenvalue weighted by atomic mass is 9.51. The van der Waals surface area contributed by atoms with Crippen molar-refractivity contribution < 1.29 is 38.4 Å². The molecular weight excluding hydrogens is 488 g/mol. The van der Waals surface area contributed by atoms with Crippen molar-refractivity contribution in [2.75, 3.05) is 0 Å². The van der Waals surface area contributed by atoms with Crippen LogP contribution in [0.3, 0.4) is 0 Å². The first-order valence-corrected chi connectivity index (χ1v) is 13.1. The van der Waals surface area contributed by atoms with E-state index in [1.807, 2.05) is 32.9 Å². The van der Waals surface area contributed by atoms with Crippen molar-refractivity contribution in [1.82, 2.24) is 0 Å². The van der Waals surface area contributed by atoms with Gasteiger partial charge in [0.1, 0.15) is 23.9 Å². The number of rotatable bonds is 5. The zero-order chi connectivity index (χ0) is 27.3. The molecular formula is C30H34O8. The summed E-state index contributed by atoms with van der Waals surface area (Å²) in [5, 5.41) is 11.7. The second-order valence-electron chi connectivity index (χ2n) is 11.3. The molecule has 1 spiro atoms. The minimum atomic E-state index is -1.48. The van der Waals surface area contributed by atoms with Gasteiger partial charge in [0, 0.05) is 12.8 Å². The number of aliphatic hydroxyl groups is 1. The first-order valence-electron chi connectivity index (χ1n) is 13.1. The number of esters is 3. The smallest absolute Gasteiger partial charge is 0.338 e. The standard InChI is InChI=1S/C30H34O8/c1-18(31)35-23-16-15-22(32)30-25(37-27(34)20-13-9-6-10-14-20)21(28(2,3)38-30)17-24(29(23,30)4)36-26(33)19-11-7-5-8-12-19/h5-14,21-25,32H,15-17H2,1-4H3. The van der Waals surface area contributed by atoms with Crippen LogP contribution < -0.4 is 0 Å². The number of hydrogen-bond donors (Lipinski definition) is 1. The highest BCUT2D eigenvalue weighted by Gasteiger charge is 2.80. The molecule has 2 saturated carbocycles. The van der Waals surface area contributed by atoms with Crippen molar-refractivity contribution in [2.45, 2.75) is 82.6 Å². The topological polar surface area (TPSA) is 108 Å². The highest BCUT2D eigenvalue weighted by molar-refractivity contribution is 5.90. The minimum Gasteiger partial charge on any atom is -0.462 e. The van der Waals surface area contributed by atoms with Crippen molar-refractivity contribution in [2.24, 2.45) is 11.3 Å². The molecule has 1 N–H and O–H groups in total. The van der Waals surface area contributed by atoms with E-state index in [-0.39, 0.29) is 6.42 Å².